The molecule has 5 heteroatoms. The Bertz CT molecular complexity index is 1010. The van der Waals surface area contributed by atoms with Crippen LogP contribution in [0.2, 0.25) is 0 Å². The molecule has 3 heterocycles. The number of nitrogens with zero attached hydrogens (tertiary/aromatic N) is 2. The van der Waals surface area contributed by atoms with Gasteiger partial charge in [0.1, 0.15) is 5.82 Å². The second-order valence-corrected chi connectivity index (χ2v) is 8.03. The molecule has 0 saturated heterocycles. The molecule has 1 saturated carbocycles. The first-order chi connectivity index (χ1) is 13.3. The molecule has 0 amide bonds. The number of hydrogen-bond acceptors (Lipinski definition) is 3. The van der Waals surface area contributed by atoms with Crippen molar-refractivity contribution >= 4 is 10.9 Å². The van der Waals surface area contributed by atoms with Crippen LogP contribution >= 0.6 is 0 Å². The molecule has 0 radical (unpaired) electrons. The van der Waals surface area contributed by atoms with Gasteiger partial charge in [-0.05, 0) is 30.9 Å². The Balaban J connectivity index is 1.39. The van der Waals surface area contributed by atoms with E-state index < -0.39 is 0 Å². The predicted octanol–water partition coefficient (Wildman–Crippen LogP) is 3.86. The fourth-order valence-electron chi connectivity index (χ4n) is 4.72. The van der Waals surface area contributed by atoms with E-state index in [-0.39, 0.29) is 5.56 Å². The Morgan fingerprint density at radius 2 is 2.00 bits per heavy atom. The Kier molecular flexibility index (Phi) is 4.32. The van der Waals surface area contributed by atoms with E-state index in [4.69, 9.17) is 4.98 Å². The van der Waals surface area contributed by atoms with Crippen LogP contribution < -0.4 is 5.56 Å². The van der Waals surface area contributed by atoms with Crippen LogP contribution in [0.1, 0.15) is 60.7 Å². The number of fused-ring (bicyclic) bond motifs is 2. The highest BCUT2D eigenvalue weighted by molar-refractivity contribution is 5.82. The third-order valence-corrected chi connectivity index (χ3v) is 6.23. The zero-order chi connectivity index (χ0) is 18.2. The second kappa shape index (κ2) is 6.97. The zero-order valence-electron chi connectivity index (χ0n) is 15.6. The van der Waals surface area contributed by atoms with Crippen molar-refractivity contribution in [2.45, 2.75) is 57.5 Å². The Morgan fingerprint density at radius 3 is 2.89 bits per heavy atom. The van der Waals surface area contributed by atoms with Crippen LogP contribution in [0.5, 0.6) is 0 Å². The molecule has 5 nitrogen and oxygen atoms in total. The number of hydrogen-bond donors (Lipinski definition) is 2. The molecule has 1 aromatic carbocycles. The SMILES string of the molecule is O=c1[nH]c(C2CCCCC2)nc2c1CCN(Cc1c[nH]c3ccccc13)C2. The van der Waals surface area contributed by atoms with Gasteiger partial charge in [-0.1, -0.05) is 37.5 Å². The molecular weight excluding hydrogens is 336 g/mol. The maximum atomic E-state index is 12.6. The number of H-pyrrole nitrogens is 2. The van der Waals surface area contributed by atoms with E-state index in [2.05, 4.69) is 45.3 Å². The molecule has 0 spiro atoms. The van der Waals surface area contributed by atoms with E-state index in [9.17, 15) is 4.79 Å². The largest absolute Gasteiger partial charge is 0.361 e. The third kappa shape index (κ3) is 3.21. The summed E-state index contributed by atoms with van der Waals surface area (Å²) in [6.07, 6.45) is 9.01. The lowest BCUT2D eigenvalue weighted by Crippen LogP contribution is -2.35. The molecule has 2 N–H and O–H groups in total. The molecule has 3 aromatic rings. The first kappa shape index (κ1) is 16.8. The number of nitrogens with one attached hydrogen (secondary N) is 2. The molecule has 140 valence electrons. The zero-order valence-corrected chi connectivity index (χ0v) is 15.6. The second-order valence-electron chi connectivity index (χ2n) is 8.03. The van der Waals surface area contributed by atoms with Crippen LogP contribution in [0.4, 0.5) is 0 Å². The average molecular weight is 362 g/mol. The van der Waals surface area contributed by atoms with E-state index in [1.165, 1.54) is 35.7 Å². The van der Waals surface area contributed by atoms with Gasteiger partial charge in [-0.15, -0.1) is 0 Å². The molecule has 2 aliphatic rings. The first-order valence-electron chi connectivity index (χ1n) is 10.2. The van der Waals surface area contributed by atoms with E-state index in [0.717, 1.165) is 56.0 Å². The van der Waals surface area contributed by atoms with Gasteiger partial charge in [-0.25, -0.2) is 4.98 Å². The van der Waals surface area contributed by atoms with Gasteiger partial charge in [0, 0.05) is 48.2 Å². The summed E-state index contributed by atoms with van der Waals surface area (Å²) in [5.74, 6) is 1.35. The molecule has 1 aliphatic carbocycles. The summed E-state index contributed by atoms with van der Waals surface area (Å²) in [6, 6.07) is 8.43. The van der Waals surface area contributed by atoms with Gasteiger partial charge in [0.25, 0.3) is 5.56 Å². The molecule has 0 bridgehead atoms. The summed E-state index contributed by atoms with van der Waals surface area (Å²) in [4.78, 5) is 26.4. The number of aromatic amines is 2. The average Bonchev–Trinajstić information content (AvgIpc) is 3.11. The molecule has 27 heavy (non-hydrogen) atoms. The van der Waals surface area contributed by atoms with E-state index in [0.29, 0.717) is 5.92 Å². The minimum absolute atomic E-state index is 0.0901. The quantitative estimate of drug-likeness (QED) is 0.744. The molecule has 1 fully saturated rings. The van der Waals surface area contributed by atoms with Gasteiger partial charge in [0.05, 0.1) is 5.69 Å². The number of benzene rings is 1. The maximum Gasteiger partial charge on any atom is 0.254 e. The topological polar surface area (TPSA) is 64.8 Å². The Morgan fingerprint density at radius 1 is 1.15 bits per heavy atom. The van der Waals surface area contributed by atoms with Crippen LogP contribution in [-0.2, 0) is 19.5 Å². The molecular formula is C22H26N4O. The summed E-state index contributed by atoms with van der Waals surface area (Å²) in [7, 11) is 0. The fourth-order valence-corrected chi connectivity index (χ4v) is 4.72. The first-order valence-corrected chi connectivity index (χ1v) is 10.2. The maximum absolute atomic E-state index is 12.6. The van der Waals surface area contributed by atoms with Gasteiger partial charge < -0.3 is 9.97 Å². The van der Waals surface area contributed by atoms with Crippen molar-refractivity contribution in [1.82, 2.24) is 19.9 Å². The molecule has 2 aromatic heterocycles. The summed E-state index contributed by atoms with van der Waals surface area (Å²) in [5, 5.41) is 1.28. The van der Waals surface area contributed by atoms with Crippen molar-refractivity contribution in [2.75, 3.05) is 6.54 Å². The Hall–Kier alpha value is -2.40. The normalized spacial score (nSPS) is 18.7. The van der Waals surface area contributed by atoms with Gasteiger partial charge in [0.15, 0.2) is 0 Å². The number of rotatable bonds is 3. The summed E-state index contributed by atoms with van der Waals surface area (Å²) < 4.78 is 0. The summed E-state index contributed by atoms with van der Waals surface area (Å²) in [5.41, 5.74) is 4.47. The van der Waals surface area contributed by atoms with Crippen LogP contribution in [0.15, 0.2) is 35.3 Å². The van der Waals surface area contributed by atoms with Crippen LogP contribution in [0, 0.1) is 0 Å². The van der Waals surface area contributed by atoms with E-state index >= 15 is 0 Å². The number of para-hydroxylation sites is 1. The van der Waals surface area contributed by atoms with Gasteiger partial charge in [-0.2, -0.15) is 0 Å². The van der Waals surface area contributed by atoms with E-state index in [1.807, 2.05) is 0 Å². The fraction of sp³-hybridized carbons (Fsp3) is 0.455. The van der Waals surface area contributed by atoms with Crippen LogP contribution in [0.3, 0.4) is 0 Å². The van der Waals surface area contributed by atoms with Crippen molar-refractivity contribution < 1.29 is 0 Å². The Labute approximate surface area is 158 Å². The lowest BCUT2D eigenvalue weighted by atomic mass is 9.88. The number of aromatic nitrogens is 3. The van der Waals surface area contributed by atoms with E-state index in [1.54, 1.807) is 0 Å². The molecule has 5 rings (SSSR count). The van der Waals surface area contributed by atoms with Gasteiger partial charge in [0.2, 0.25) is 0 Å². The van der Waals surface area contributed by atoms with Gasteiger partial charge >= 0.3 is 0 Å². The summed E-state index contributed by atoms with van der Waals surface area (Å²) in [6.45, 7) is 2.55. The molecule has 0 unspecified atom stereocenters. The molecule has 0 atom stereocenters. The highest BCUT2D eigenvalue weighted by atomic mass is 16.1. The van der Waals surface area contributed by atoms with Crippen molar-refractivity contribution in [3.05, 3.63) is 63.5 Å². The van der Waals surface area contributed by atoms with Gasteiger partial charge in [-0.3, -0.25) is 9.69 Å². The third-order valence-electron chi connectivity index (χ3n) is 6.23. The lowest BCUT2D eigenvalue weighted by Gasteiger charge is -2.28. The highest BCUT2D eigenvalue weighted by Crippen LogP contribution is 2.31. The summed E-state index contributed by atoms with van der Waals surface area (Å²) >= 11 is 0. The lowest BCUT2D eigenvalue weighted by molar-refractivity contribution is 0.240. The van der Waals surface area contributed by atoms with Crippen molar-refractivity contribution in [3.8, 4) is 0 Å². The standard InChI is InChI=1S/C22H26N4O/c27-22-18-10-11-26(13-16-12-23-19-9-5-4-8-17(16)19)14-20(18)24-21(25-22)15-6-2-1-3-7-15/h4-5,8-9,12,15,23H,1-3,6-7,10-11,13-14H2,(H,24,25,27). The van der Waals surface area contributed by atoms with Crippen molar-refractivity contribution in [1.29, 1.82) is 0 Å². The smallest absolute Gasteiger partial charge is 0.254 e. The predicted molar refractivity (Wildman–Crippen MR) is 107 cm³/mol. The minimum Gasteiger partial charge on any atom is -0.361 e. The van der Waals surface area contributed by atoms with Crippen molar-refractivity contribution in [3.63, 3.8) is 0 Å². The minimum atomic E-state index is 0.0901. The van der Waals surface area contributed by atoms with Crippen LogP contribution in [0.25, 0.3) is 10.9 Å². The van der Waals surface area contributed by atoms with Crippen LogP contribution in [-0.4, -0.2) is 26.4 Å². The van der Waals surface area contributed by atoms with Crippen molar-refractivity contribution in [2.24, 2.45) is 0 Å². The highest BCUT2D eigenvalue weighted by Gasteiger charge is 2.24. The molecule has 1 aliphatic heterocycles. The monoisotopic (exact) mass is 362 g/mol.